The Labute approximate surface area is 153 Å². The molecule has 3 N–H and O–H groups in total. The molecule has 3 rings (SSSR count). The standard InChI is InChI=1S/C16H11BrF3N5O/c17-9-2-1-8(12(19)5-9)7-25-15(21)14(23-24-25)16(26)22-10-3-4-11(18)13(20)6-10/h1-6H,7,21H2,(H,22,26). The van der Waals surface area contributed by atoms with Crippen LogP contribution in [-0.4, -0.2) is 20.9 Å². The largest absolute Gasteiger partial charge is 0.382 e. The fourth-order valence-electron chi connectivity index (χ4n) is 2.17. The molecule has 0 saturated carbocycles. The normalized spacial score (nSPS) is 10.8. The summed E-state index contributed by atoms with van der Waals surface area (Å²) in [7, 11) is 0. The second-order valence-electron chi connectivity index (χ2n) is 5.30. The van der Waals surface area contributed by atoms with Gasteiger partial charge in [-0.05, 0) is 24.3 Å². The van der Waals surface area contributed by atoms with Crippen LogP contribution in [0.1, 0.15) is 16.1 Å². The Morgan fingerprint density at radius 3 is 2.58 bits per heavy atom. The second kappa shape index (κ2) is 7.16. The number of nitrogens with one attached hydrogen (secondary N) is 1. The molecule has 0 unspecified atom stereocenters. The quantitative estimate of drug-likeness (QED) is 0.670. The molecule has 26 heavy (non-hydrogen) atoms. The Hall–Kier alpha value is -2.88. The molecule has 3 aromatic rings. The van der Waals surface area contributed by atoms with Crippen LogP contribution in [0.2, 0.25) is 0 Å². The molecule has 0 aliphatic heterocycles. The van der Waals surface area contributed by atoms with Gasteiger partial charge < -0.3 is 11.1 Å². The molecular weight excluding hydrogens is 415 g/mol. The monoisotopic (exact) mass is 425 g/mol. The Morgan fingerprint density at radius 1 is 1.12 bits per heavy atom. The average molecular weight is 426 g/mol. The number of halogens is 4. The highest BCUT2D eigenvalue weighted by atomic mass is 79.9. The molecule has 0 aliphatic rings. The number of aromatic nitrogens is 3. The van der Waals surface area contributed by atoms with Crippen molar-refractivity contribution >= 4 is 33.3 Å². The highest BCUT2D eigenvalue weighted by Gasteiger charge is 2.19. The highest BCUT2D eigenvalue weighted by molar-refractivity contribution is 9.10. The predicted octanol–water partition coefficient (Wildman–Crippen LogP) is 3.34. The van der Waals surface area contributed by atoms with Crippen molar-refractivity contribution in [1.29, 1.82) is 0 Å². The summed E-state index contributed by atoms with van der Waals surface area (Å²) in [6.07, 6.45) is 0. The van der Waals surface area contributed by atoms with Gasteiger partial charge in [-0.1, -0.05) is 27.2 Å². The molecule has 0 fully saturated rings. The van der Waals surface area contributed by atoms with Crippen LogP contribution in [-0.2, 0) is 6.54 Å². The van der Waals surface area contributed by atoms with Gasteiger partial charge >= 0.3 is 0 Å². The molecule has 2 aromatic carbocycles. The maximum atomic E-state index is 13.9. The van der Waals surface area contributed by atoms with Gasteiger partial charge in [-0.15, -0.1) is 5.10 Å². The van der Waals surface area contributed by atoms with E-state index in [1.54, 1.807) is 12.1 Å². The van der Waals surface area contributed by atoms with E-state index in [2.05, 4.69) is 31.6 Å². The van der Waals surface area contributed by atoms with Crippen LogP contribution < -0.4 is 11.1 Å². The van der Waals surface area contributed by atoms with E-state index in [1.807, 2.05) is 0 Å². The fraction of sp³-hybridized carbons (Fsp3) is 0.0625. The van der Waals surface area contributed by atoms with Crippen LogP contribution in [0.3, 0.4) is 0 Å². The van der Waals surface area contributed by atoms with Crippen molar-refractivity contribution in [3.05, 3.63) is 69.6 Å². The van der Waals surface area contributed by atoms with Crippen molar-refractivity contribution < 1.29 is 18.0 Å². The van der Waals surface area contributed by atoms with Crippen LogP contribution in [0, 0.1) is 17.5 Å². The summed E-state index contributed by atoms with van der Waals surface area (Å²) in [5.41, 5.74) is 5.97. The summed E-state index contributed by atoms with van der Waals surface area (Å²) < 4.78 is 41.8. The number of nitrogen functional groups attached to an aromatic ring is 1. The summed E-state index contributed by atoms with van der Waals surface area (Å²) in [5, 5.41) is 9.75. The van der Waals surface area contributed by atoms with Crippen molar-refractivity contribution in [1.82, 2.24) is 15.0 Å². The Morgan fingerprint density at radius 2 is 1.88 bits per heavy atom. The van der Waals surface area contributed by atoms with E-state index in [4.69, 9.17) is 5.73 Å². The van der Waals surface area contributed by atoms with E-state index in [1.165, 1.54) is 12.1 Å². The Balaban J connectivity index is 1.79. The molecule has 0 bridgehead atoms. The van der Waals surface area contributed by atoms with Gasteiger partial charge in [0.15, 0.2) is 23.1 Å². The smallest absolute Gasteiger partial charge is 0.280 e. The van der Waals surface area contributed by atoms with Crippen LogP contribution in [0.4, 0.5) is 24.7 Å². The molecule has 1 amide bonds. The number of amides is 1. The zero-order valence-corrected chi connectivity index (χ0v) is 14.6. The van der Waals surface area contributed by atoms with Crippen molar-refractivity contribution in [2.45, 2.75) is 6.54 Å². The molecular formula is C16H11BrF3N5O. The van der Waals surface area contributed by atoms with Crippen molar-refractivity contribution in [2.75, 3.05) is 11.1 Å². The van der Waals surface area contributed by atoms with E-state index in [0.717, 1.165) is 16.8 Å². The highest BCUT2D eigenvalue weighted by Crippen LogP contribution is 2.19. The topological polar surface area (TPSA) is 85.8 Å². The van der Waals surface area contributed by atoms with Gasteiger partial charge in [0.1, 0.15) is 5.82 Å². The first-order valence-electron chi connectivity index (χ1n) is 7.24. The van der Waals surface area contributed by atoms with E-state index in [9.17, 15) is 18.0 Å². The van der Waals surface area contributed by atoms with Gasteiger partial charge in [0, 0.05) is 21.8 Å². The number of nitrogens with two attached hydrogens (primary N) is 1. The van der Waals surface area contributed by atoms with Crippen LogP contribution in [0.15, 0.2) is 40.9 Å². The summed E-state index contributed by atoms with van der Waals surface area (Å²) in [6.45, 7) is -0.0313. The molecule has 134 valence electrons. The lowest BCUT2D eigenvalue weighted by Crippen LogP contribution is -2.15. The summed E-state index contributed by atoms with van der Waals surface area (Å²) in [4.78, 5) is 12.2. The fourth-order valence-corrected chi connectivity index (χ4v) is 2.51. The molecule has 1 heterocycles. The summed E-state index contributed by atoms with van der Waals surface area (Å²) >= 11 is 3.16. The SMILES string of the molecule is Nc1c(C(=O)Nc2ccc(F)c(F)c2)nnn1Cc1ccc(Br)cc1F. The third kappa shape index (κ3) is 3.69. The molecule has 0 radical (unpaired) electrons. The van der Waals surface area contributed by atoms with Gasteiger partial charge in [-0.2, -0.15) is 0 Å². The minimum Gasteiger partial charge on any atom is -0.382 e. The van der Waals surface area contributed by atoms with Crippen LogP contribution >= 0.6 is 15.9 Å². The summed E-state index contributed by atoms with van der Waals surface area (Å²) in [5.74, 6) is -3.46. The van der Waals surface area contributed by atoms with Gasteiger partial charge in [0.2, 0.25) is 0 Å². The van der Waals surface area contributed by atoms with E-state index in [-0.39, 0.29) is 23.7 Å². The summed E-state index contributed by atoms with van der Waals surface area (Å²) in [6, 6.07) is 7.38. The molecule has 10 heteroatoms. The maximum absolute atomic E-state index is 13.9. The first-order chi connectivity index (χ1) is 12.3. The van der Waals surface area contributed by atoms with Gasteiger partial charge in [0.05, 0.1) is 6.54 Å². The lowest BCUT2D eigenvalue weighted by Gasteiger charge is -2.06. The van der Waals surface area contributed by atoms with Gasteiger partial charge in [-0.25, -0.2) is 17.9 Å². The van der Waals surface area contributed by atoms with E-state index >= 15 is 0 Å². The number of carbonyl (C=O) groups excluding carboxylic acids is 1. The van der Waals surface area contributed by atoms with Gasteiger partial charge in [-0.3, -0.25) is 4.79 Å². The number of hydrogen-bond donors (Lipinski definition) is 2. The zero-order valence-electron chi connectivity index (χ0n) is 13.0. The first kappa shape index (κ1) is 17.9. The molecule has 0 spiro atoms. The number of rotatable bonds is 4. The first-order valence-corrected chi connectivity index (χ1v) is 8.03. The molecule has 0 saturated heterocycles. The number of anilines is 2. The second-order valence-corrected chi connectivity index (χ2v) is 6.22. The molecule has 0 aliphatic carbocycles. The number of hydrogen-bond acceptors (Lipinski definition) is 4. The third-order valence-corrected chi connectivity index (χ3v) is 3.99. The van der Waals surface area contributed by atoms with E-state index < -0.39 is 23.4 Å². The Bertz CT molecular complexity index is 992. The maximum Gasteiger partial charge on any atom is 0.280 e. The molecule has 1 aromatic heterocycles. The molecule has 0 atom stereocenters. The minimum atomic E-state index is -1.11. The average Bonchev–Trinajstić information content (AvgIpc) is 2.94. The third-order valence-electron chi connectivity index (χ3n) is 3.50. The van der Waals surface area contributed by atoms with Gasteiger partial charge in [0.25, 0.3) is 5.91 Å². The van der Waals surface area contributed by atoms with Crippen LogP contribution in [0.25, 0.3) is 0 Å². The van der Waals surface area contributed by atoms with Crippen molar-refractivity contribution in [2.24, 2.45) is 0 Å². The minimum absolute atomic E-state index is 0.0294. The van der Waals surface area contributed by atoms with Crippen molar-refractivity contribution in [3.63, 3.8) is 0 Å². The lowest BCUT2D eigenvalue weighted by atomic mass is 10.2. The Kier molecular flexibility index (Phi) is 4.94. The van der Waals surface area contributed by atoms with Crippen LogP contribution in [0.5, 0.6) is 0 Å². The number of benzene rings is 2. The number of carbonyl (C=O) groups is 1. The zero-order chi connectivity index (χ0) is 18.8. The van der Waals surface area contributed by atoms with Crippen molar-refractivity contribution in [3.8, 4) is 0 Å². The predicted molar refractivity (Wildman–Crippen MR) is 91.9 cm³/mol. The lowest BCUT2D eigenvalue weighted by molar-refractivity contribution is 0.102. The number of nitrogens with zero attached hydrogens (tertiary/aromatic N) is 3. The van der Waals surface area contributed by atoms with E-state index in [0.29, 0.717) is 10.0 Å². The molecule has 6 nitrogen and oxygen atoms in total.